The fourth-order valence-corrected chi connectivity index (χ4v) is 10.4. The molecule has 0 aliphatic heterocycles. The highest BCUT2D eigenvalue weighted by Gasteiger charge is 2.25. The Balaban J connectivity index is 1.39. The summed E-state index contributed by atoms with van der Waals surface area (Å²) in [4.78, 5) is 5.07. The second kappa shape index (κ2) is 17.3. The summed E-state index contributed by atoms with van der Waals surface area (Å²) in [6, 6.07) is 60.0. The Morgan fingerprint density at radius 1 is 0.221 bits per heavy atom. The first-order valence-electron chi connectivity index (χ1n) is 24.2. The molecule has 0 aromatic heterocycles. The molecule has 0 aliphatic carbocycles. The van der Waals surface area contributed by atoms with Gasteiger partial charge in [0.2, 0.25) is 0 Å². The molecular formula is C66H62N2. The molecule has 0 heterocycles. The first-order valence-corrected chi connectivity index (χ1v) is 24.2. The lowest BCUT2D eigenvalue weighted by molar-refractivity contribution is 1.19. The van der Waals surface area contributed by atoms with Crippen molar-refractivity contribution in [2.75, 3.05) is 9.80 Å². The van der Waals surface area contributed by atoms with Crippen LogP contribution < -0.4 is 9.80 Å². The molecule has 0 atom stereocenters. The van der Waals surface area contributed by atoms with Crippen molar-refractivity contribution in [3.05, 3.63) is 224 Å². The van der Waals surface area contributed by atoms with Gasteiger partial charge in [-0.25, -0.2) is 0 Å². The smallest absolute Gasteiger partial charge is 0.0546 e. The minimum Gasteiger partial charge on any atom is -0.310 e. The van der Waals surface area contributed by atoms with E-state index < -0.39 is 0 Å². The minimum absolute atomic E-state index is 1.16. The van der Waals surface area contributed by atoms with E-state index in [1.54, 1.807) is 0 Å². The number of fused-ring (bicyclic) bond motifs is 5. The maximum absolute atomic E-state index is 2.54. The van der Waals surface area contributed by atoms with E-state index in [1.807, 2.05) is 0 Å². The van der Waals surface area contributed by atoms with Crippen LogP contribution in [0.25, 0.3) is 54.6 Å². The van der Waals surface area contributed by atoms with Gasteiger partial charge in [0.25, 0.3) is 0 Å². The number of nitrogens with zero attached hydrogens (tertiary/aromatic N) is 2. The molecule has 0 saturated carbocycles. The maximum Gasteiger partial charge on any atom is 0.0546 e. The van der Waals surface area contributed by atoms with E-state index >= 15 is 0 Å². The molecule has 0 aliphatic rings. The first kappa shape index (κ1) is 44.4. The van der Waals surface area contributed by atoms with Crippen molar-refractivity contribution in [3.8, 4) is 22.3 Å². The third-order valence-corrected chi connectivity index (χ3v) is 15.4. The van der Waals surface area contributed by atoms with Crippen molar-refractivity contribution in [3.63, 3.8) is 0 Å². The fraction of sp³-hybridized carbons (Fsp3) is 0.182. The van der Waals surface area contributed by atoms with E-state index in [4.69, 9.17) is 0 Å². The van der Waals surface area contributed by atoms with Crippen LogP contribution >= 0.6 is 0 Å². The highest BCUT2D eigenvalue weighted by Crippen LogP contribution is 2.50. The van der Waals surface area contributed by atoms with Gasteiger partial charge >= 0.3 is 0 Å². The molecule has 0 amide bonds. The van der Waals surface area contributed by atoms with E-state index in [2.05, 4.69) is 251 Å². The van der Waals surface area contributed by atoms with Gasteiger partial charge < -0.3 is 9.80 Å². The summed E-state index contributed by atoms with van der Waals surface area (Å²) < 4.78 is 0. The van der Waals surface area contributed by atoms with E-state index in [0.717, 1.165) is 34.1 Å². The first-order chi connectivity index (χ1) is 32.7. The molecule has 0 bridgehead atoms. The number of benzene rings is 10. The van der Waals surface area contributed by atoms with Crippen molar-refractivity contribution in [2.24, 2.45) is 0 Å². The zero-order valence-electron chi connectivity index (χ0n) is 41.9. The monoisotopic (exact) mass is 882 g/mol. The quantitative estimate of drug-likeness (QED) is 0.140. The van der Waals surface area contributed by atoms with Crippen LogP contribution in [0.5, 0.6) is 0 Å². The highest BCUT2D eigenvalue weighted by atomic mass is 15.2. The molecular weight excluding hydrogens is 821 g/mol. The van der Waals surface area contributed by atoms with Gasteiger partial charge in [0.1, 0.15) is 0 Å². The largest absolute Gasteiger partial charge is 0.310 e. The molecule has 0 saturated heterocycles. The lowest BCUT2D eigenvalue weighted by atomic mass is 9.90. The van der Waals surface area contributed by atoms with E-state index in [-0.39, 0.29) is 0 Å². The molecule has 2 heteroatoms. The molecule has 0 N–H and O–H groups in total. The van der Waals surface area contributed by atoms with Crippen LogP contribution in [0, 0.1) is 83.1 Å². The lowest BCUT2D eigenvalue weighted by Crippen LogP contribution is -2.14. The second-order valence-electron chi connectivity index (χ2n) is 19.6. The van der Waals surface area contributed by atoms with Crippen molar-refractivity contribution < 1.29 is 0 Å². The summed E-state index contributed by atoms with van der Waals surface area (Å²) in [5, 5.41) is 7.27. The normalized spacial score (nSPS) is 11.5. The minimum atomic E-state index is 1.16. The second-order valence-corrected chi connectivity index (χ2v) is 19.6. The zero-order chi connectivity index (χ0) is 47.7. The Labute approximate surface area is 404 Å². The zero-order valence-corrected chi connectivity index (χ0v) is 41.9. The summed E-state index contributed by atoms with van der Waals surface area (Å²) in [5.41, 5.74) is 27.3. The van der Waals surface area contributed by atoms with Gasteiger partial charge in [-0.2, -0.15) is 0 Å². The van der Waals surface area contributed by atoms with Gasteiger partial charge in [0, 0.05) is 33.5 Å². The molecule has 0 fully saturated rings. The van der Waals surface area contributed by atoms with Gasteiger partial charge in [-0.05, 0) is 266 Å². The number of anilines is 6. The topological polar surface area (TPSA) is 6.48 Å². The SMILES string of the molecule is Cc1cc(N(c2cc(C)c(C)c(C)c2)c2cc3c4ccc(-c5ccccc5)cc4c(N(c4cc(C)c(C)c(C)c4)c4cc(C)c(C)c(C)c4)cc3c3ccc(-c4ccccc4)cc23)cc(C)c1C. The number of rotatable bonds is 8. The predicted molar refractivity (Wildman–Crippen MR) is 296 cm³/mol. The van der Waals surface area contributed by atoms with Crippen LogP contribution in [0.2, 0.25) is 0 Å². The maximum atomic E-state index is 2.54. The van der Waals surface area contributed by atoms with E-state index in [1.165, 1.54) is 121 Å². The van der Waals surface area contributed by atoms with Gasteiger partial charge in [-0.3, -0.25) is 0 Å². The molecule has 0 spiro atoms. The summed E-state index contributed by atoms with van der Waals surface area (Å²) in [6.45, 7) is 27.0. The van der Waals surface area contributed by atoms with Crippen LogP contribution in [0.1, 0.15) is 66.8 Å². The van der Waals surface area contributed by atoms with Crippen LogP contribution in [0.15, 0.2) is 158 Å². The standard InChI is InChI=1S/C66H62N2/c1-39-27-55(28-40(2)47(39)9)67(56-29-41(3)48(10)42(4)30-56)65-37-61-60-26-24-54(52-21-17-14-18-22-52)36-64(60)66(38-62(61)59-25-23-53(35-63(59)65)51-19-15-13-16-20-51)68(57-31-43(5)49(11)44(6)32-57)58-33-45(7)50(12)46(8)34-58/h13-38H,1-12H3. The summed E-state index contributed by atoms with van der Waals surface area (Å²) >= 11 is 0. The molecule has 10 aromatic carbocycles. The molecule has 68 heavy (non-hydrogen) atoms. The highest BCUT2D eigenvalue weighted by molar-refractivity contribution is 6.25. The molecule has 336 valence electrons. The third kappa shape index (κ3) is 7.72. The third-order valence-electron chi connectivity index (χ3n) is 15.4. The molecule has 0 radical (unpaired) electrons. The van der Waals surface area contributed by atoms with Gasteiger partial charge in [0.15, 0.2) is 0 Å². The average molecular weight is 883 g/mol. The predicted octanol–water partition coefficient (Wildman–Crippen LogP) is 19.1. The van der Waals surface area contributed by atoms with Gasteiger partial charge in [-0.15, -0.1) is 0 Å². The van der Waals surface area contributed by atoms with Crippen molar-refractivity contribution >= 4 is 66.4 Å². The molecule has 10 rings (SSSR count). The number of aryl methyl sites for hydroxylation is 8. The number of hydrogen-bond donors (Lipinski definition) is 0. The fourth-order valence-electron chi connectivity index (χ4n) is 10.4. The van der Waals surface area contributed by atoms with Crippen LogP contribution in [0.4, 0.5) is 34.1 Å². The molecule has 2 nitrogen and oxygen atoms in total. The Morgan fingerprint density at radius 3 is 0.750 bits per heavy atom. The van der Waals surface area contributed by atoms with Crippen LogP contribution in [-0.2, 0) is 0 Å². The van der Waals surface area contributed by atoms with E-state index in [9.17, 15) is 0 Å². The van der Waals surface area contributed by atoms with Crippen LogP contribution in [0.3, 0.4) is 0 Å². The number of hydrogen-bond acceptors (Lipinski definition) is 2. The Hall–Kier alpha value is -7.42. The van der Waals surface area contributed by atoms with Crippen molar-refractivity contribution in [1.29, 1.82) is 0 Å². The Bertz CT molecular complexity index is 3180. The summed E-state index contributed by atoms with van der Waals surface area (Å²) in [7, 11) is 0. The van der Waals surface area contributed by atoms with Crippen LogP contribution in [-0.4, -0.2) is 0 Å². The lowest BCUT2D eigenvalue weighted by Gasteiger charge is -2.32. The molecule has 0 unspecified atom stereocenters. The summed E-state index contributed by atoms with van der Waals surface area (Å²) in [6.07, 6.45) is 0. The average Bonchev–Trinajstić information content (AvgIpc) is 3.33. The Kier molecular flexibility index (Phi) is 11.3. The summed E-state index contributed by atoms with van der Waals surface area (Å²) in [5.74, 6) is 0. The Morgan fingerprint density at radius 2 is 0.485 bits per heavy atom. The van der Waals surface area contributed by atoms with E-state index in [0.29, 0.717) is 0 Å². The molecule has 10 aromatic rings. The van der Waals surface area contributed by atoms with Crippen molar-refractivity contribution in [1.82, 2.24) is 0 Å². The van der Waals surface area contributed by atoms with Crippen molar-refractivity contribution in [2.45, 2.75) is 83.1 Å². The van der Waals surface area contributed by atoms with Gasteiger partial charge in [0.05, 0.1) is 11.4 Å². The van der Waals surface area contributed by atoms with Gasteiger partial charge in [-0.1, -0.05) is 84.9 Å².